The van der Waals surface area contributed by atoms with E-state index in [-0.39, 0.29) is 0 Å². The second-order valence-corrected chi connectivity index (χ2v) is 4.55. The number of aryl methyl sites for hydroxylation is 2. The molecule has 1 aliphatic carbocycles. The Balaban J connectivity index is 2.38. The maximum Gasteiger partial charge on any atom is 0.0466 e. The van der Waals surface area contributed by atoms with Crippen LogP contribution < -0.4 is 0 Å². The van der Waals surface area contributed by atoms with E-state index in [1.54, 1.807) is 0 Å². The predicted molar refractivity (Wildman–Crippen MR) is 59.5 cm³/mol. The lowest BCUT2D eigenvalue weighted by atomic mass is 9.79. The fourth-order valence-corrected chi connectivity index (χ4v) is 2.28. The molecule has 1 nitrogen and oxygen atoms in total. The van der Waals surface area contributed by atoms with Gasteiger partial charge in [-0.2, -0.15) is 0 Å². The first-order valence-corrected chi connectivity index (χ1v) is 5.70. The Morgan fingerprint density at radius 1 is 1.43 bits per heavy atom. The summed E-state index contributed by atoms with van der Waals surface area (Å²) in [7, 11) is 0. The van der Waals surface area contributed by atoms with Gasteiger partial charge in [0.2, 0.25) is 0 Å². The molecule has 0 N–H and O–H groups in total. The zero-order chi connectivity index (χ0) is 10.1. The normalized spacial score (nSPS) is 25.9. The zero-order valence-electron chi connectivity index (χ0n) is 9.38. The van der Waals surface area contributed by atoms with Crippen LogP contribution in [0.4, 0.5) is 0 Å². The van der Waals surface area contributed by atoms with Crippen LogP contribution in [-0.2, 0) is 12.8 Å². The van der Waals surface area contributed by atoms with Crippen LogP contribution in [0.1, 0.15) is 49.9 Å². The molecule has 0 aliphatic heterocycles. The average Bonchev–Trinajstić information content (AvgIpc) is 2.23. The molecule has 0 spiro atoms. The molecule has 0 bridgehead atoms. The molecule has 2 unspecified atom stereocenters. The molecule has 1 aromatic heterocycles. The number of hydrogen-bond acceptors (Lipinski definition) is 1. The summed E-state index contributed by atoms with van der Waals surface area (Å²) in [6, 6.07) is 2.35. The van der Waals surface area contributed by atoms with Gasteiger partial charge in [0.25, 0.3) is 0 Å². The van der Waals surface area contributed by atoms with Gasteiger partial charge in [0, 0.05) is 17.8 Å². The Labute approximate surface area is 86.6 Å². The van der Waals surface area contributed by atoms with Gasteiger partial charge in [-0.1, -0.05) is 26.8 Å². The number of rotatable bonds is 1. The van der Waals surface area contributed by atoms with Crippen LogP contribution in [-0.4, -0.2) is 4.98 Å². The largest absolute Gasteiger partial charge is 0.260 e. The summed E-state index contributed by atoms with van der Waals surface area (Å²) in [5.41, 5.74) is 4.22. The second kappa shape index (κ2) is 3.72. The van der Waals surface area contributed by atoms with Gasteiger partial charge in [0.15, 0.2) is 0 Å². The van der Waals surface area contributed by atoms with E-state index in [2.05, 4.69) is 31.8 Å². The Bertz CT molecular complexity index is 330. The highest BCUT2D eigenvalue weighted by molar-refractivity contribution is 5.30. The summed E-state index contributed by atoms with van der Waals surface area (Å²) in [5, 5.41) is 0. The fourth-order valence-electron chi connectivity index (χ4n) is 2.28. The molecule has 2 atom stereocenters. The van der Waals surface area contributed by atoms with Gasteiger partial charge >= 0.3 is 0 Å². The smallest absolute Gasteiger partial charge is 0.0466 e. The third kappa shape index (κ3) is 1.56. The summed E-state index contributed by atoms with van der Waals surface area (Å²) < 4.78 is 0. The third-order valence-corrected chi connectivity index (χ3v) is 3.62. The minimum atomic E-state index is 0.643. The van der Waals surface area contributed by atoms with Crippen molar-refractivity contribution in [2.45, 2.75) is 46.0 Å². The summed E-state index contributed by atoms with van der Waals surface area (Å²) >= 11 is 0. The first-order chi connectivity index (χ1) is 6.72. The van der Waals surface area contributed by atoms with Crippen molar-refractivity contribution in [3.8, 4) is 0 Å². The van der Waals surface area contributed by atoms with E-state index in [9.17, 15) is 0 Å². The van der Waals surface area contributed by atoms with Gasteiger partial charge in [-0.3, -0.25) is 4.98 Å². The molecule has 1 heteroatoms. The van der Waals surface area contributed by atoms with Crippen molar-refractivity contribution in [3.05, 3.63) is 29.1 Å². The maximum absolute atomic E-state index is 4.62. The maximum atomic E-state index is 4.62. The zero-order valence-corrected chi connectivity index (χ0v) is 9.38. The molecule has 1 aromatic rings. The lowest BCUT2D eigenvalue weighted by Crippen LogP contribution is -2.17. The van der Waals surface area contributed by atoms with Gasteiger partial charge in [0.1, 0.15) is 0 Å². The van der Waals surface area contributed by atoms with E-state index in [4.69, 9.17) is 0 Å². The predicted octanol–water partition coefficient (Wildman–Crippen LogP) is 3.33. The quantitative estimate of drug-likeness (QED) is 0.660. The number of aromatic nitrogens is 1. The molecule has 1 aliphatic rings. The highest BCUT2D eigenvalue weighted by Gasteiger charge is 2.23. The van der Waals surface area contributed by atoms with E-state index in [1.807, 2.05) is 6.20 Å². The van der Waals surface area contributed by atoms with Crippen LogP contribution in [0.15, 0.2) is 12.3 Å². The summed E-state index contributed by atoms with van der Waals surface area (Å²) in [5.74, 6) is 1.44. The van der Waals surface area contributed by atoms with Crippen molar-refractivity contribution in [2.75, 3.05) is 0 Å². The number of pyridine rings is 1. The van der Waals surface area contributed by atoms with E-state index in [1.165, 1.54) is 29.7 Å². The lowest BCUT2D eigenvalue weighted by Gasteiger charge is -2.27. The Morgan fingerprint density at radius 2 is 2.21 bits per heavy atom. The summed E-state index contributed by atoms with van der Waals surface area (Å²) in [6.45, 7) is 6.84. The number of nitrogens with zero attached hydrogens (tertiary/aromatic N) is 1. The first-order valence-electron chi connectivity index (χ1n) is 5.70. The van der Waals surface area contributed by atoms with Crippen molar-refractivity contribution >= 4 is 0 Å². The molecule has 0 fully saturated rings. The van der Waals surface area contributed by atoms with Crippen LogP contribution in [0.25, 0.3) is 0 Å². The second-order valence-electron chi connectivity index (χ2n) is 4.55. The molecular formula is C13H19N. The van der Waals surface area contributed by atoms with Crippen LogP contribution >= 0.6 is 0 Å². The highest BCUT2D eigenvalue weighted by Crippen LogP contribution is 2.34. The van der Waals surface area contributed by atoms with Gasteiger partial charge in [-0.25, -0.2) is 0 Å². The van der Waals surface area contributed by atoms with Gasteiger partial charge < -0.3 is 0 Å². The molecule has 2 rings (SSSR count). The molecule has 76 valence electrons. The number of hydrogen-bond donors (Lipinski definition) is 0. The minimum Gasteiger partial charge on any atom is -0.260 e. The Hall–Kier alpha value is -0.850. The summed E-state index contributed by atoms with van der Waals surface area (Å²) in [4.78, 5) is 4.62. The first kappa shape index (κ1) is 9.70. The van der Waals surface area contributed by atoms with Gasteiger partial charge in [-0.05, 0) is 36.3 Å². The van der Waals surface area contributed by atoms with Gasteiger partial charge in [-0.15, -0.1) is 0 Å². The van der Waals surface area contributed by atoms with Crippen LogP contribution in [0, 0.1) is 5.92 Å². The van der Waals surface area contributed by atoms with Crippen molar-refractivity contribution in [1.29, 1.82) is 0 Å². The average molecular weight is 189 g/mol. The van der Waals surface area contributed by atoms with Gasteiger partial charge in [0.05, 0.1) is 0 Å². The van der Waals surface area contributed by atoms with Crippen molar-refractivity contribution in [2.24, 2.45) is 5.92 Å². The fraction of sp³-hybridized carbons (Fsp3) is 0.615. The van der Waals surface area contributed by atoms with Crippen molar-refractivity contribution < 1.29 is 0 Å². The molecule has 0 amide bonds. The Morgan fingerprint density at radius 3 is 2.93 bits per heavy atom. The monoisotopic (exact) mass is 189 g/mol. The highest BCUT2D eigenvalue weighted by atomic mass is 14.7. The summed E-state index contributed by atoms with van der Waals surface area (Å²) in [6.07, 6.45) is 5.70. The van der Waals surface area contributed by atoms with E-state index in [0.29, 0.717) is 5.92 Å². The molecule has 0 radical (unpaired) electrons. The van der Waals surface area contributed by atoms with Crippen LogP contribution in [0.3, 0.4) is 0 Å². The lowest BCUT2D eigenvalue weighted by molar-refractivity contribution is 0.416. The molecule has 1 heterocycles. The van der Waals surface area contributed by atoms with Crippen molar-refractivity contribution in [3.63, 3.8) is 0 Å². The van der Waals surface area contributed by atoms with E-state index < -0.39 is 0 Å². The van der Waals surface area contributed by atoms with Crippen LogP contribution in [0.2, 0.25) is 0 Å². The molecule has 0 saturated carbocycles. The topological polar surface area (TPSA) is 12.9 Å². The van der Waals surface area contributed by atoms with Crippen LogP contribution in [0.5, 0.6) is 0 Å². The van der Waals surface area contributed by atoms with E-state index in [0.717, 1.165) is 12.3 Å². The molecule has 14 heavy (non-hydrogen) atoms. The molecular weight excluding hydrogens is 170 g/mol. The standard InChI is InChI=1S/C13H19N/c1-4-11-7-12-6-5-9(2)10(3)13(12)14-8-11/h7-10H,4-6H2,1-3H3. The third-order valence-electron chi connectivity index (χ3n) is 3.62. The molecule has 0 saturated heterocycles. The van der Waals surface area contributed by atoms with Crippen molar-refractivity contribution in [1.82, 2.24) is 4.98 Å². The number of fused-ring (bicyclic) bond motifs is 1. The van der Waals surface area contributed by atoms with E-state index >= 15 is 0 Å². The molecule has 0 aromatic carbocycles. The SMILES string of the molecule is CCc1cnc2c(c1)CCC(C)C2C. The Kier molecular flexibility index (Phi) is 2.58. The minimum absolute atomic E-state index is 0.643.